The first-order valence-corrected chi connectivity index (χ1v) is 9.03. The second-order valence-electron chi connectivity index (χ2n) is 6.34. The first-order valence-electron chi connectivity index (χ1n) is 7.59. The summed E-state index contributed by atoms with van der Waals surface area (Å²) in [7, 11) is -1.33. The SMILES string of the molecule is CN1CCC[C@H]2N(S(=O)(=O)c3cccnc3)CCC[C@@]21C. The maximum Gasteiger partial charge on any atom is 0.244 e. The molecule has 0 spiro atoms. The molecule has 0 N–H and O–H groups in total. The number of pyridine rings is 1. The average molecular weight is 309 g/mol. The van der Waals surface area contributed by atoms with Gasteiger partial charge in [-0.3, -0.25) is 9.88 Å². The van der Waals surface area contributed by atoms with Crippen LogP contribution in [-0.4, -0.2) is 54.3 Å². The van der Waals surface area contributed by atoms with E-state index in [1.165, 1.54) is 6.20 Å². The molecule has 2 aliphatic heterocycles. The van der Waals surface area contributed by atoms with Gasteiger partial charge in [0.25, 0.3) is 0 Å². The Morgan fingerprint density at radius 3 is 2.86 bits per heavy atom. The third-order valence-electron chi connectivity index (χ3n) is 5.21. The van der Waals surface area contributed by atoms with Crippen LogP contribution in [0, 0.1) is 0 Å². The minimum atomic E-state index is -3.45. The van der Waals surface area contributed by atoms with Crippen LogP contribution < -0.4 is 0 Å². The summed E-state index contributed by atoms with van der Waals surface area (Å²) in [5, 5.41) is 0. The zero-order chi connectivity index (χ0) is 15.1. The molecule has 1 aromatic rings. The van der Waals surface area contributed by atoms with E-state index in [1.54, 1.807) is 22.6 Å². The highest BCUT2D eigenvalue weighted by molar-refractivity contribution is 7.89. The molecule has 0 amide bonds. The number of nitrogens with zero attached hydrogens (tertiary/aromatic N) is 3. The topological polar surface area (TPSA) is 53.5 Å². The van der Waals surface area contributed by atoms with E-state index in [-0.39, 0.29) is 11.6 Å². The second-order valence-corrected chi connectivity index (χ2v) is 8.24. The van der Waals surface area contributed by atoms with Crippen LogP contribution >= 0.6 is 0 Å². The standard InChI is InChI=1S/C15H23N3O2S/c1-15-8-5-11-18(14(15)7-4-10-17(15)2)21(19,20)13-6-3-9-16-12-13/h3,6,9,12,14H,4-5,7-8,10-11H2,1-2H3/t14-,15+/m1/s1. The third-order valence-corrected chi connectivity index (χ3v) is 7.10. The van der Waals surface area contributed by atoms with E-state index in [2.05, 4.69) is 23.9 Å². The van der Waals surface area contributed by atoms with Gasteiger partial charge in [-0.2, -0.15) is 4.31 Å². The van der Waals surface area contributed by atoms with E-state index in [9.17, 15) is 8.42 Å². The third kappa shape index (κ3) is 2.39. The number of rotatable bonds is 2. The van der Waals surface area contributed by atoms with Gasteiger partial charge in [0.1, 0.15) is 4.90 Å². The van der Waals surface area contributed by atoms with Crippen LogP contribution in [0.15, 0.2) is 29.4 Å². The molecule has 0 aromatic carbocycles. The molecule has 0 saturated carbocycles. The highest BCUT2D eigenvalue weighted by Crippen LogP contribution is 2.40. The van der Waals surface area contributed by atoms with E-state index in [1.807, 2.05) is 0 Å². The number of likely N-dealkylation sites (tertiary alicyclic amines) is 1. The van der Waals surface area contributed by atoms with Gasteiger partial charge in [-0.1, -0.05) is 0 Å². The van der Waals surface area contributed by atoms with Crippen molar-refractivity contribution in [3.8, 4) is 0 Å². The summed E-state index contributed by atoms with van der Waals surface area (Å²) in [5.41, 5.74) is -0.0498. The number of piperidine rings is 2. The highest BCUT2D eigenvalue weighted by Gasteiger charge is 2.49. The van der Waals surface area contributed by atoms with Gasteiger partial charge in [-0.05, 0) is 58.3 Å². The van der Waals surface area contributed by atoms with Crippen molar-refractivity contribution in [1.82, 2.24) is 14.2 Å². The molecular formula is C15H23N3O2S. The zero-order valence-corrected chi connectivity index (χ0v) is 13.5. The summed E-state index contributed by atoms with van der Waals surface area (Å²) < 4.78 is 27.6. The Labute approximate surface area is 127 Å². The van der Waals surface area contributed by atoms with Crippen LogP contribution in [0.5, 0.6) is 0 Å². The van der Waals surface area contributed by atoms with Crippen LogP contribution in [0.25, 0.3) is 0 Å². The van der Waals surface area contributed by atoms with Gasteiger partial charge in [0, 0.05) is 30.5 Å². The molecule has 0 unspecified atom stereocenters. The molecule has 2 saturated heterocycles. The maximum absolute atomic E-state index is 13.0. The van der Waals surface area contributed by atoms with Crippen molar-refractivity contribution >= 4 is 10.0 Å². The summed E-state index contributed by atoms with van der Waals surface area (Å²) in [5.74, 6) is 0. The van der Waals surface area contributed by atoms with Crippen LogP contribution in [0.3, 0.4) is 0 Å². The van der Waals surface area contributed by atoms with E-state index < -0.39 is 10.0 Å². The smallest absolute Gasteiger partial charge is 0.244 e. The number of fused-ring (bicyclic) bond motifs is 1. The molecule has 2 fully saturated rings. The van der Waals surface area contributed by atoms with Crippen molar-refractivity contribution in [3.63, 3.8) is 0 Å². The summed E-state index contributed by atoms with van der Waals surface area (Å²) in [6.07, 6.45) is 7.03. The molecule has 2 aliphatic rings. The number of hydrogen-bond acceptors (Lipinski definition) is 4. The average Bonchev–Trinajstić information content (AvgIpc) is 2.49. The molecular weight excluding hydrogens is 286 g/mol. The molecule has 116 valence electrons. The van der Waals surface area contributed by atoms with Crippen molar-refractivity contribution in [3.05, 3.63) is 24.5 Å². The quantitative estimate of drug-likeness (QED) is 0.835. The van der Waals surface area contributed by atoms with Crippen molar-refractivity contribution in [1.29, 1.82) is 0 Å². The predicted octanol–water partition coefficient (Wildman–Crippen LogP) is 1.72. The molecule has 5 nitrogen and oxygen atoms in total. The fourth-order valence-corrected chi connectivity index (χ4v) is 5.58. The molecule has 2 atom stereocenters. The van der Waals surface area contributed by atoms with Crippen molar-refractivity contribution < 1.29 is 8.42 Å². The molecule has 3 rings (SSSR count). The molecule has 0 bridgehead atoms. The number of likely N-dealkylation sites (N-methyl/N-ethyl adjacent to an activating group) is 1. The summed E-state index contributed by atoms with van der Waals surface area (Å²) in [6, 6.07) is 3.39. The van der Waals surface area contributed by atoms with Crippen molar-refractivity contribution in [2.45, 2.75) is 49.1 Å². The molecule has 0 radical (unpaired) electrons. The first-order chi connectivity index (χ1) is 9.96. The first kappa shape index (κ1) is 14.9. The fraction of sp³-hybridized carbons (Fsp3) is 0.667. The fourth-order valence-electron chi connectivity index (χ4n) is 3.83. The van der Waals surface area contributed by atoms with Gasteiger partial charge in [0.15, 0.2) is 0 Å². The Morgan fingerprint density at radius 2 is 2.14 bits per heavy atom. The monoisotopic (exact) mass is 309 g/mol. The van der Waals surface area contributed by atoms with E-state index in [0.29, 0.717) is 11.4 Å². The Hall–Kier alpha value is -0.980. The zero-order valence-electron chi connectivity index (χ0n) is 12.7. The van der Waals surface area contributed by atoms with E-state index in [4.69, 9.17) is 0 Å². The number of aromatic nitrogens is 1. The molecule has 6 heteroatoms. The molecule has 21 heavy (non-hydrogen) atoms. The van der Waals surface area contributed by atoms with E-state index in [0.717, 1.165) is 32.2 Å². The van der Waals surface area contributed by atoms with Gasteiger partial charge >= 0.3 is 0 Å². The Bertz CT molecular complexity index is 605. The van der Waals surface area contributed by atoms with Crippen molar-refractivity contribution in [2.75, 3.05) is 20.1 Å². The number of sulfonamides is 1. The van der Waals surface area contributed by atoms with Gasteiger partial charge in [-0.15, -0.1) is 0 Å². The summed E-state index contributed by atoms with van der Waals surface area (Å²) >= 11 is 0. The largest absolute Gasteiger partial charge is 0.299 e. The Morgan fingerprint density at radius 1 is 1.33 bits per heavy atom. The normalized spacial score (nSPS) is 31.8. The lowest BCUT2D eigenvalue weighted by atomic mass is 9.78. The minimum Gasteiger partial charge on any atom is -0.299 e. The molecule has 0 aliphatic carbocycles. The second kappa shape index (κ2) is 5.34. The van der Waals surface area contributed by atoms with Crippen LogP contribution in [0.4, 0.5) is 0 Å². The maximum atomic E-state index is 13.0. The lowest BCUT2D eigenvalue weighted by Crippen LogP contribution is -2.65. The highest BCUT2D eigenvalue weighted by atomic mass is 32.2. The summed E-state index contributed by atoms with van der Waals surface area (Å²) in [4.78, 5) is 6.61. The molecule has 1 aromatic heterocycles. The Balaban J connectivity index is 1.98. The summed E-state index contributed by atoms with van der Waals surface area (Å²) in [6.45, 7) is 3.88. The van der Waals surface area contributed by atoms with Gasteiger partial charge in [-0.25, -0.2) is 8.42 Å². The lowest BCUT2D eigenvalue weighted by Gasteiger charge is -2.54. The van der Waals surface area contributed by atoms with Crippen LogP contribution in [0.2, 0.25) is 0 Å². The lowest BCUT2D eigenvalue weighted by molar-refractivity contribution is -0.0116. The van der Waals surface area contributed by atoms with Crippen molar-refractivity contribution in [2.24, 2.45) is 0 Å². The molecule has 3 heterocycles. The predicted molar refractivity (Wildman–Crippen MR) is 81.4 cm³/mol. The van der Waals surface area contributed by atoms with Gasteiger partial charge < -0.3 is 0 Å². The minimum absolute atomic E-state index is 0.0498. The van der Waals surface area contributed by atoms with Gasteiger partial charge in [0.2, 0.25) is 10.0 Å². The van der Waals surface area contributed by atoms with Crippen LogP contribution in [0.1, 0.15) is 32.6 Å². The van der Waals surface area contributed by atoms with Crippen LogP contribution in [-0.2, 0) is 10.0 Å². The van der Waals surface area contributed by atoms with E-state index >= 15 is 0 Å². The Kier molecular flexibility index (Phi) is 3.80. The van der Waals surface area contributed by atoms with Gasteiger partial charge in [0.05, 0.1) is 0 Å². The number of hydrogen-bond donors (Lipinski definition) is 0.